The molecule has 0 spiro atoms. The van der Waals surface area contributed by atoms with E-state index in [0.717, 1.165) is 12.1 Å². The summed E-state index contributed by atoms with van der Waals surface area (Å²) >= 11 is 16.0. The Labute approximate surface area is 118 Å². The van der Waals surface area contributed by atoms with E-state index < -0.39 is 27.9 Å². The fraction of sp³-hybridized carbons (Fsp3) is 0.364. The van der Waals surface area contributed by atoms with Gasteiger partial charge in [-0.3, -0.25) is 0 Å². The number of halogens is 5. The van der Waals surface area contributed by atoms with Crippen LogP contribution in [0.25, 0.3) is 0 Å². The minimum absolute atomic E-state index is 0.272. The first-order chi connectivity index (χ1) is 8.21. The van der Waals surface area contributed by atoms with Gasteiger partial charge in [-0.2, -0.15) is 0 Å². The zero-order valence-corrected chi connectivity index (χ0v) is 11.4. The van der Waals surface area contributed by atoms with Crippen LogP contribution in [-0.2, 0) is 9.53 Å². The van der Waals surface area contributed by atoms with Crippen molar-refractivity contribution in [2.45, 2.75) is 23.0 Å². The van der Waals surface area contributed by atoms with Gasteiger partial charge in [0.15, 0.2) is 6.10 Å². The highest BCUT2D eigenvalue weighted by Gasteiger charge is 2.36. The zero-order valence-electron chi connectivity index (χ0n) is 9.17. The Morgan fingerprint density at radius 3 is 2.17 bits per heavy atom. The highest BCUT2D eigenvalue weighted by Crippen LogP contribution is 2.32. The van der Waals surface area contributed by atoms with Crippen molar-refractivity contribution in [1.82, 2.24) is 0 Å². The Morgan fingerprint density at radius 2 is 1.78 bits per heavy atom. The van der Waals surface area contributed by atoms with Crippen LogP contribution in [0, 0.1) is 5.82 Å². The molecule has 1 rings (SSSR count). The van der Waals surface area contributed by atoms with Crippen molar-refractivity contribution in [3.05, 3.63) is 35.6 Å². The van der Waals surface area contributed by atoms with Crippen LogP contribution < -0.4 is 0 Å². The molecular formula is C11H9Cl3F2O2. The van der Waals surface area contributed by atoms with Crippen LogP contribution in [0.2, 0.25) is 0 Å². The summed E-state index contributed by atoms with van der Waals surface area (Å²) in [7, 11) is 0. The monoisotopic (exact) mass is 316 g/mol. The smallest absolute Gasteiger partial charge is 0.359 e. The molecule has 0 aromatic heterocycles. The minimum atomic E-state index is -2.28. The predicted octanol–water partition coefficient (Wildman–Crippen LogP) is 4.14. The number of hydrogen-bond acceptors (Lipinski definition) is 2. The molecule has 1 aromatic rings. The molecule has 2 nitrogen and oxygen atoms in total. The minimum Gasteiger partial charge on any atom is -0.451 e. The van der Waals surface area contributed by atoms with E-state index in [0.29, 0.717) is 0 Å². The van der Waals surface area contributed by atoms with E-state index in [1.807, 2.05) is 0 Å². The first kappa shape index (κ1) is 15.5. The van der Waals surface area contributed by atoms with E-state index in [1.165, 1.54) is 19.1 Å². The van der Waals surface area contributed by atoms with E-state index in [-0.39, 0.29) is 5.56 Å². The van der Waals surface area contributed by atoms with Crippen LogP contribution in [0.5, 0.6) is 0 Å². The van der Waals surface area contributed by atoms with Gasteiger partial charge >= 0.3 is 5.97 Å². The molecular weight excluding hydrogens is 308 g/mol. The van der Waals surface area contributed by atoms with Crippen molar-refractivity contribution in [3.63, 3.8) is 0 Å². The van der Waals surface area contributed by atoms with E-state index in [9.17, 15) is 13.6 Å². The predicted molar refractivity (Wildman–Crippen MR) is 66.1 cm³/mol. The average Bonchev–Trinajstić information content (AvgIpc) is 2.25. The molecule has 0 radical (unpaired) electrons. The third-order valence-electron chi connectivity index (χ3n) is 2.08. The summed E-state index contributed by atoms with van der Waals surface area (Å²) in [6, 6.07) is 4.82. The van der Waals surface area contributed by atoms with E-state index in [4.69, 9.17) is 39.5 Å². The van der Waals surface area contributed by atoms with Crippen LogP contribution in [0.3, 0.4) is 0 Å². The van der Waals surface area contributed by atoms with Crippen LogP contribution >= 0.6 is 34.8 Å². The quantitative estimate of drug-likeness (QED) is 0.619. The second-order valence-corrected chi connectivity index (χ2v) is 5.83. The highest BCUT2D eigenvalue weighted by atomic mass is 35.6. The van der Waals surface area contributed by atoms with Gasteiger partial charge < -0.3 is 4.74 Å². The Balaban J connectivity index is 2.91. The third kappa shape index (κ3) is 4.26. The molecule has 0 amide bonds. The normalized spacial score (nSPS) is 15.0. The molecule has 0 bridgehead atoms. The Hall–Kier alpha value is -0.580. The standard InChI is InChI=1S/C11H9Cl3F2O2/c1-6(15)9(18-10(17)11(12,13)14)7-2-4-8(16)5-3-7/h2-6,9H,1H3. The molecule has 0 aliphatic heterocycles. The Morgan fingerprint density at radius 1 is 1.28 bits per heavy atom. The van der Waals surface area contributed by atoms with Gasteiger partial charge in [0, 0.05) is 0 Å². The van der Waals surface area contributed by atoms with Crippen LogP contribution in [0.1, 0.15) is 18.6 Å². The lowest BCUT2D eigenvalue weighted by atomic mass is 10.1. The number of alkyl halides is 4. The van der Waals surface area contributed by atoms with Crippen molar-refractivity contribution < 1.29 is 18.3 Å². The molecule has 0 heterocycles. The molecule has 0 saturated heterocycles. The lowest BCUT2D eigenvalue weighted by Crippen LogP contribution is -2.27. The molecule has 100 valence electrons. The zero-order chi connectivity index (χ0) is 13.9. The Bertz CT molecular complexity index is 415. The Kier molecular flexibility index (Phi) is 5.20. The lowest BCUT2D eigenvalue weighted by Gasteiger charge is -2.21. The van der Waals surface area contributed by atoms with Gasteiger partial charge in [-0.25, -0.2) is 13.6 Å². The van der Waals surface area contributed by atoms with Gasteiger partial charge in [0.05, 0.1) is 0 Å². The number of benzene rings is 1. The molecule has 0 fully saturated rings. The summed E-state index contributed by atoms with van der Waals surface area (Å²) in [5.41, 5.74) is 0.272. The van der Waals surface area contributed by atoms with Crippen molar-refractivity contribution in [2.75, 3.05) is 0 Å². The number of rotatable bonds is 3. The molecule has 1 aromatic carbocycles. The number of ether oxygens (including phenoxy) is 1. The van der Waals surface area contributed by atoms with Crippen LogP contribution in [0.15, 0.2) is 24.3 Å². The SMILES string of the molecule is CC(F)C(OC(=O)C(Cl)(Cl)Cl)c1ccc(F)cc1. The summed E-state index contributed by atoms with van der Waals surface area (Å²) in [6.45, 7) is 1.18. The molecule has 0 aliphatic carbocycles. The van der Waals surface area contributed by atoms with Crippen molar-refractivity contribution in [2.24, 2.45) is 0 Å². The van der Waals surface area contributed by atoms with Gasteiger partial charge in [-0.05, 0) is 24.6 Å². The number of esters is 1. The van der Waals surface area contributed by atoms with Crippen LogP contribution in [0.4, 0.5) is 8.78 Å². The average molecular weight is 318 g/mol. The molecule has 0 aliphatic rings. The van der Waals surface area contributed by atoms with Gasteiger partial charge in [0.2, 0.25) is 0 Å². The summed E-state index contributed by atoms with van der Waals surface area (Å²) < 4.78 is 28.6. The van der Waals surface area contributed by atoms with E-state index in [1.54, 1.807) is 0 Å². The molecule has 7 heteroatoms. The highest BCUT2D eigenvalue weighted by molar-refractivity contribution is 6.75. The summed E-state index contributed by atoms with van der Waals surface area (Å²) in [5, 5.41) is 0. The molecule has 2 atom stereocenters. The topological polar surface area (TPSA) is 26.3 Å². The van der Waals surface area contributed by atoms with E-state index in [2.05, 4.69) is 0 Å². The van der Waals surface area contributed by atoms with Gasteiger partial charge in [0.1, 0.15) is 12.0 Å². The number of carbonyl (C=O) groups excluding carboxylic acids is 1. The van der Waals surface area contributed by atoms with Gasteiger partial charge in [-0.1, -0.05) is 46.9 Å². The van der Waals surface area contributed by atoms with Crippen molar-refractivity contribution >= 4 is 40.8 Å². The maximum absolute atomic E-state index is 13.4. The molecule has 0 saturated carbocycles. The third-order valence-corrected chi connectivity index (χ3v) is 2.54. The first-order valence-corrected chi connectivity index (χ1v) is 6.02. The van der Waals surface area contributed by atoms with Crippen LogP contribution in [-0.4, -0.2) is 15.9 Å². The maximum Gasteiger partial charge on any atom is 0.359 e. The van der Waals surface area contributed by atoms with Crippen molar-refractivity contribution in [3.8, 4) is 0 Å². The van der Waals surface area contributed by atoms with Gasteiger partial charge in [-0.15, -0.1) is 0 Å². The summed E-state index contributed by atoms with van der Waals surface area (Å²) in [6.07, 6.45) is -2.79. The van der Waals surface area contributed by atoms with E-state index >= 15 is 0 Å². The fourth-order valence-corrected chi connectivity index (χ4v) is 1.40. The number of hydrogen-bond donors (Lipinski definition) is 0. The fourth-order valence-electron chi connectivity index (χ4n) is 1.26. The maximum atomic E-state index is 13.4. The molecule has 2 unspecified atom stereocenters. The van der Waals surface area contributed by atoms with Crippen molar-refractivity contribution in [1.29, 1.82) is 0 Å². The largest absolute Gasteiger partial charge is 0.451 e. The summed E-state index contributed by atoms with van der Waals surface area (Å²) in [4.78, 5) is 11.4. The number of carbonyl (C=O) groups is 1. The lowest BCUT2D eigenvalue weighted by molar-refractivity contribution is -0.151. The first-order valence-electron chi connectivity index (χ1n) is 4.89. The molecule has 0 N–H and O–H groups in total. The molecule has 18 heavy (non-hydrogen) atoms. The second-order valence-electron chi connectivity index (χ2n) is 3.55. The summed E-state index contributed by atoms with van der Waals surface area (Å²) in [5.74, 6) is -1.68. The van der Waals surface area contributed by atoms with Gasteiger partial charge in [0.25, 0.3) is 3.79 Å². The second kappa shape index (κ2) is 6.04.